The van der Waals surface area contributed by atoms with Crippen molar-refractivity contribution in [2.75, 3.05) is 11.4 Å². The number of nitrogens with zero attached hydrogens (tertiary/aromatic N) is 3. The molecule has 3 aliphatic rings. The van der Waals surface area contributed by atoms with Crippen molar-refractivity contribution in [1.82, 2.24) is 10.1 Å². The Morgan fingerprint density at radius 1 is 1.28 bits per heavy atom. The van der Waals surface area contributed by atoms with Crippen LogP contribution in [0.5, 0.6) is 0 Å². The number of carboxylic acid groups (broad SMARTS) is 1. The Hall–Kier alpha value is -2.72. The van der Waals surface area contributed by atoms with Crippen LogP contribution in [0.3, 0.4) is 0 Å². The summed E-state index contributed by atoms with van der Waals surface area (Å²) in [6.45, 7) is 2.85. The van der Waals surface area contributed by atoms with Crippen LogP contribution in [0, 0.1) is 12.8 Å². The van der Waals surface area contributed by atoms with Crippen LogP contribution < -0.4 is 4.90 Å². The Bertz CT molecular complexity index is 1610. The molecule has 2 aromatic carbocycles. The highest BCUT2D eigenvalue weighted by Crippen LogP contribution is 2.53. The van der Waals surface area contributed by atoms with E-state index in [-0.39, 0.29) is 30.1 Å². The molecule has 7 rings (SSSR count). The van der Waals surface area contributed by atoms with Crippen LogP contribution >= 0.6 is 34.5 Å². The second-order valence-electron chi connectivity index (χ2n) is 10.7. The number of hydrogen-bond donors (Lipinski definition) is 1. The normalized spacial score (nSPS) is 23.2. The molecule has 0 amide bonds. The maximum atomic E-state index is 15.2. The number of ether oxygens (including phenoxy) is 1. The number of aromatic carboxylic acids is 1. The molecule has 2 bridgehead atoms. The predicted molar refractivity (Wildman–Crippen MR) is 148 cm³/mol. The third-order valence-electron chi connectivity index (χ3n) is 8.17. The van der Waals surface area contributed by atoms with E-state index in [2.05, 4.69) is 10.1 Å². The van der Waals surface area contributed by atoms with E-state index < -0.39 is 11.6 Å². The molecule has 1 saturated heterocycles. The van der Waals surface area contributed by atoms with Crippen molar-refractivity contribution in [3.63, 3.8) is 0 Å². The number of aromatic nitrogens is 2. The number of fused-ring (bicyclic) bond motifs is 3. The lowest BCUT2D eigenvalue weighted by atomic mass is 10.0. The molecule has 202 valence electrons. The molecular weight excluding hydrogens is 564 g/mol. The van der Waals surface area contributed by atoms with Crippen LogP contribution in [0.4, 0.5) is 9.52 Å². The molecule has 1 N–H and O–H groups in total. The SMILES string of the molecule is Cc1cc(C(=O)O)cc2sc(N3C[C@@H]4C[C@H]3C[C@H]4OCc3c(-c4c(Cl)cccc4Cl)noc3C3(F)CC3)nc12. The molecule has 0 spiro atoms. The van der Waals surface area contributed by atoms with Crippen LogP contribution in [-0.4, -0.2) is 39.9 Å². The first-order valence-electron chi connectivity index (χ1n) is 12.9. The molecule has 4 aromatic rings. The van der Waals surface area contributed by atoms with Gasteiger partial charge in [-0.05, 0) is 62.4 Å². The molecule has 0 unspecified atom stereocenters. The van der Waals surface area contributed by atoms with E-state index in [0.29, 0.717) is 45.6 Å². The van der Waals surface area contributed by atoms with Gasteiger partial charge >= 0.3 is 5.97 Å². The van der Waals surface area contributed by atoms with Gasteiger partial charge in [0.2, 0.25) is 0 Å². The molecule has 39 heavy (non-hydrogen) atoms. The summed E-state index contributed by atoms with van der Waals surface area (Å²) in [6.07, 6.45) is 2.59. The highest BCUT2D eigenvalue weighted by atomic mass is 35.5. The number of benzene rings is 2. The van der Waals surface area contributed by atoms with Crippen molar-refractivity contribution in [3.05, 3.63) is 62.8 Å². The molecule has 2 saturated carbocycles. The lowest BCUT2D eigenvalue weighted by molar-refractivity contribution is 0.0114. The van der Waals surface area contributed by atoms with E-state index in [4.69, 9.17) is 37.4 Å². The first-order valence-corrected chi connectivity index (χ1v) is 14.4. The highest BCUT2D eigenvalue weighted by Gasteiger charge is 2.52. The Kier molecular flexibility index (Phi) is 5.93. The van der Waals surface area contributed by atoms with E-state index in [0.717, 1.165) is 40.3 Å². The van der Waals surface area contributed by atoms with Gasteiger partial charge in [-0.1, -0.05) is 45.8 Å². The summed E-state index contributed by atoms with van der Waals surface area (Å²) in [6, 6.07) is 8.84. The number of carboxylic acids is 1. The molecule has 1 aliphatic heterocycles. The van der Waals surface area contributed by atoms with Gasteiger partial charge in [0.25, 0.3) is 0 Å². The molecule has 11 heteroatoms. The van der Waals surface area contributed by atoms with Crippen molar-refractivity contribution in [1.29, 1.82) is 0 Å². The van der Waals surface area contributed by atoms with Crippen LogP contribution in [0.15, 0.2) is 34.9 Å². The van der Waals surface area contributed by atoms with Gasteiger partial charge in [0.15, 0.2) is 16.6 Å². The molecule has 3 atom stereocenters. The number of piperidine rings is 1. The third-order valence-corrected chi connectivity index (χ3v) is 9.84. The number of hydrogen-bond acceptors (Lipinski definition) is 7. The molecule has 3 fully saturated rings. The van der Waals surface area contributed by atoms with Gasteiger partial charge in [0.1, 0.15) is 5.69 Å². The van der Waals surface area contributed by atoms with Gasteiger partial charge in [-0.15, -0.1) is 0 Å². The number of anilines is 1. The molecule has 2 aliphatic carbocycles. The lowest BCUT2D eigenvalue weighted by Crippen LogP contribution is -2.38. The Labute approximate surface area is 237 Å². The van der Waals surface area contributed by atoms with Crippen LogP contribution in [0.1, 0.15) is 52.9 Å². The van der Waals surface area contributed by atoms with Gasteiger partial charge in [-0.25, -0.2) is 14.2 Å². The summed E-state index contributed by atoms with van der Waals surface area (Å²) in [7, 11) is 0. The van der Waals surface area contributed by atoms with Crippen molar-refractivity contribution in [2.45, 2.75) is 57.0 Å². The second kappa shape index (κ2) is 9.16. The van der Waals surface area contributed by atoms with Crippen molar-refractivity contribution in [3.8, 4) is 11.3 Å². The Balaban J connectivity index is 1.10. The third kappa shape index (κ3) is 4.22. The minimum absolute atomic E-state index is 0.00746. The average Bonchev–Trinajstić information content (AvgIpc) is 3.34. The zero-order chi connectivity index (χ0) is 27.1. The number of alkyl halides is 1. The summed E-state index contributed by atoms with van der Waals surface area (Å²) in [4.78, 5) is 18.6. The van der Waals surface area contributed by atoms with E-state index >= 15 is 4.39 Å². The number of aryl methyl sites for hydroxylation is 1. The lowest BCUT2D eigenvalue weighted by Gasteiger charge is -2.31. The van der Waals surface area contributed by atoms with Crippen LogP contribution in [-0.2, 0) is 17.0 Å². The van der Waals surface area contributed by atoms with Crippen molar-refractivity contribution >= 4 is 55.9 Å². The fourth-order valence-corrected chi connectivity index (χ4v) is 7.76. The van der Waals surface area contributed by atoms with Gasteiger partial charge in [-0.3, -0.25) is 0 Å². The summed E-state index contributed by atoms with van der Waals surface area (Å²) in [5, 5.41) is 15.4. The summed E-state index contributed by atoms with van der Waals surface area (Å²) in [5.41, 5.74) is 1.99. The summed E-state index contributed by atoms with van der Waals surface area (Å²) in [5.74, 6) is -0.427. The molecule has 3 heterocycles. The Morgan fingerprint density at radius 3 is 2.72 bits per heavy atom. The predicted octanol–water partition coefficient (Wildman–Crippen LogP) is 7.41. The summed E-state index contributed by atoms with van der Waals surface area (Å²) < 4.78 is 28.0. The van der Waals surface area contributed by atoms with E-state index in [1.807, 2.05) is 6.92 Å². The van der Waals surface area contributed by atoms with Crippen LogP contribution in [0.25, 0.3) is 21.5 Å². The van der Waals surface area contributed by atoms with Crippen molar-refractivity contribution in [2.24, 2.45) is 5.92 Å². The number of carbonyl (C=O) groups is 1. The van der Waals surface area contributed by atoms with E-state index in [1.54, 1.807) is 30.3 Å². The van der Waals surface area contributed by atoms with Gasteiger partial charge in [0, 0.05) is 24.1 Å². The van der Waals surface area contributed by atoms with E-state index in [9.17, 15) is 9.90 Å². The monoisotopic (exact) mass is 587 g/mol. The minimum Gasteiger partial charge on any atom is -0.478 e. The smallest absolute Gasteiger partial charge is 0.335 e. The second-order valence-corrected chi connectivity index (χ2v) is 12.6. The number of halogens is 3. The first kappa shape index (κ1) is 25.3. The number of thiazole rings is 1. The molecule has 2 aromatic heterocycles. The standard InChI is InChI=1S/C28H24Cl2FN3O4S/c1-13-7-14(26(35)36)9-21-23(13)32-27(39-21)34-11-15-8-16(34)10-20(15)37-12-17-24(22-18(29)3-2-4-19(22)30)33-38-25(17)28(31)5-6-28/h2-4,7,9,15-16,20H,5-6,8,10-12H2,1H3,(H,35,36)/t15-,16-,20+/m0/s1. The highest BCUT2D eigenvalue weighted by molar-refractivity contribution is 7.22. The zero-order valence-corrected chi connectivity index (χ0v) is 23.2. The van der Waals surface area contributed by atoms with Crippen molar-refractivity contribution < 1.29 is 23.6 Å². The number of rotatable bonds is 7. The van der Waals surface area contributed by atoms with E-state index in [1.165, 1.54) is 11.3 Å². The minimum atomic E-state index is -1.52. The fourth-order valence-electron chi connectivity index (χ4n) is 6.02. The van der Waals surface area contributed by atoms with Gasteiger partial charge in [0.05, 0.1) is 44.1 Å². The van der Waals surface area contributed by atoms with Gasteiger partial charge < -0.3 is 19.3 Å². The quantitative estimate of drug-likeness (QED) is 0.241. The molecule has 7 nitrogen and oxygen atoms in total. The molecular formula is C28H24Cl2FN3O4S. The average molecular weight is 588 g/mol. The van der Waals surface area contributed by atoms with Gasteiger partial charge in [-0.2, -0.15) is 0 Å². The molecule has 0 radical (unpaired) electrons. The topological polar surface area (TPSA) is 88.7 Å². The Morgan fingerprint density at radius 2 is 2.05 bits per heavy atom. The largest absolute Gasteiger partial charge is 0.478 e. The zero-order valence-electron chi connectivity index (χ0n) is 20.9. The summed E-state index contributed by atoms with van der Waals surface area (Å²) >= 11 is 14.4. The maximum absolute atomic E-state index is 15.2. The first-order chi connectivity index (χ1) is 18.7. The maximum Gasteiger partial charge on any atom is 0.335 e. The fraction of sp³-hybridized carbons (Fsp3) is 0.393. The van der Waals surface area contributed by atoms with Crippen LogP contribution in [0.2, 0.25) is 10.0 Å².